The van der Waals surface area contributed by atoms with Crippen molar-refractivity contribution in [3.05, 3.63) is 63.7 Å². The van der Waals surface area contributed by atoms with Gasteiger partial charge in [-0.05, 0) is 38.5 Å². The number of imidazole rings is 1. The van der Waals surface area contributed by atoms with E-state index in [4.69, 9.17) is 0 Å². The van der Waals surface area contributed by atoms with Gasteiger partial charge in [-0.25, -0.2) is 9.78 Å². The molecule has 25 heavy (non-hydrogen) atoms. The first-order valence-electron chi connectivity index (χ1n) is 8.19. The highest BCUT2D eigenvalue weighted by Gasteiger charge is 2.09. The van der Waals surface area contributed by atoms with Gasteiger partial charge in [0.25, 0.3) is 0 Å². The van der Waals surface area contributed by atoms with Crippen LogP contribution in [0.25, 0.3) is 5.65 Å². The lowest BCUT2D eigenvalue weighted by Crippen LogP contribution is -2.30. The zero-order valence-corrected chi connectivity index (χ0v) is 14.6. The maximum absolute atomic E-state index is 12.1. The molecule has 7 nitrogen and oxygen atoms in total. The minimum Gasteiger partial charge on any atom is -0.350 e. The van der Waals surface area contributed by atoms with Crippen LogP contribution in [0.1, 0.15) is 29.1 Å². The molecule has 0 saturated heterocycles. The van der Waals surface area contributed by atoms with Gasteiger partial charge in [0.2, 0.25) is 5.91 Å². The van der Waals surface area contributed by atoms with Crippen molar-refractivity contribution in [2.24, 2.45) is 0 Å². The van der Waals surface area contributed by atoms with Crippen LogP contribution >= 0.6 is 0 Å². The number of nitrogens with one attached hydrogen (secondary N) is 1. The van der Waals surface area contributed by atoms with Crippen LogP contribution in [0.3, 0.4) is 0 Å². The molecule has 0 aromatic carbocycles. The summed E-state index contributed by atoms with van der Waals surface area (Å²) in [6.07, 6.45) is 3.92. The van der Waals surface area contributed by atoms with Crippen molar-refractivity contribution in [3.8, 4) is 0 Å². The Kier molecular flexibility index (Phi) is 4.65. The third-order valence-corrected chi connectivity index (χ3v) is 4.18. The first-order valence-corrected chi connectivity index (χ1v) is 8.19. The molecule has 0 unspecified atom stereocenters. The largest absolute Gasteiger partial charge is 0.350 e. The fourth-order valence-corrected chi connectivity index (χ4v) is 2.87. The molecule has 1 N–H and O–H groups in total. The van der Waals surface area contributed by atoms with E-state index in [1.165, 1.54) is 4.57 Å². The average molecular weight is 339 g/mol. The van der Waals surface area contributed by atoms with E-state index in [-0.39, 0.29) is 18.0 Å². The second-order valence-electron chi connectivity index (χ2n) is 6.13. The van der Waals surface area contributed by atoms with Crippen LogP contribution in [0, 0.1) is 20.8 Å². The quantitative estimate of drug-likeness (QED) is 0.764. The Morgan fingerprint density at radius 3 is 2.84 bits per heavy atom. The lowest BCUT2D eigenvalue weighted by atomic mass is 10.3. The predicted molar refractivity (Wildman–Crippen MR) is 94.4 cm³/mol. The van der Waals surface area contributed by atoms with Gasteiger partial charge in [-0.2, -0.15) is 4.98 Å². The monoisotopic (exact) mass is 339 g/mol. The molecule has 0 bridgehead atoms. The number of nitrogens with zero attached hydrogens (tertiary/aromatic N) is 4. The van der Waals surface area contributed by atoms with Crippen LogP contribution < -0.4 is 11.0 Å². The highest BCUT2D eigenvalue weighted by molar-refractivity contribution is 5.75. The fourth-order valence-electron chi connectivity index (χ4n) is 2.87. The number of amides is 1. The van der Waals surface area contributed by atoms with Gasteiger partial charge >= 0.3 is 5.69 Å². The molecule has 0 spiro atoms. The highest BCUT2D eigenvalue weighted by Crippen LogP contribution is 2.10. The van der Waals surface area contributed by atoms with Crippen molar-refractivity contribution in [2.75, 3.05) is 0 Å². The number of hydrogen-bond acceptors (Lipinski definition) is 4. The maximum Gasteiger partial charge on any atom is 0.347 e. The summed E-state index contributed by atoms with van der Waals surface area (Å²) in [5.74, 6) is -0.116. The minimum absolute atomic E-state index is 0.116. The molecule has 3 aromatic rings. The van der Waals surface area contributed by atoms with E-state index in [0.717, 1.165) is 22.6 Å². The summed E-state index contributed by atoms with van der Waals surface area (Å²) in [4.78, 5) is 32.3. The molecule has 0 radical (unpaired) electrons. The molecule has 7 heteroatoms. The van der Waals surface area contributed by atoms with Crippen molar-refractivity contribution < 1.29 is 4.79 Å². The Labute approximate surface area is 145 Å². The third-order valence-electron chi connectivity index (χ3n) is 4.18. The van der Waals surface area contributed by atoms with Gasteiger partial charge in [-0.15, -0.1) is 0 Å². The zero-order valence-electron chi connectivity index (χ0n) is 14.6. The van der Waals surface area contributed by atoms with Crippen molar-refractivity contribution in [1.29, 1.82) is 0 Å². The Bertz CT molecular complexity index is 987. The average Bonchev–Trinajstić information content (AvgIpc) is 2.96. The molecule has 3 rings (SSSR count). The lowest BCUT2D eigenvalue weighted by Gasteiger charge is -2.10. The summed E-state index contributed by atoms with van der Waals surface area (Å²) >= 11 is 0. The zero-order chi connectivity index (χ0) is 18.0. The fraction of sp³-hybridized carbons (Fsp3) is 0.333. The second kappa shape index (κ2) is 6.88. The standard InChI is InChI=1S/C18H21N5O2/c1-12-5-4-7-23-15(11-20-17(12)23)10-19-16(24)6-8-22-14(3)9-13(2)21-18(22)25/h4-5,7,9,11H,6,8,10H2,1-3H3,(H,19,24). The van der Waals surface area contributed by atoms with Crippen molar-refractivity contribution in [3.63, 3.8) is 0 Å². The summed E-state index contributed by atoms with van der Waals surface area (Å²) < 4.78 is 3.48. The number of rotatable bonds is 5. The molecule has 0 saturated carbocycles. The van der Waals surface area contributed by atoms with Gasteiger partial charge in [-0.3, -0.25) is 9.36 Å². The first-order chi connectivity index (χ1) is 12.0. The SMILES string of the molecule is Cc1cc(C)n(CCC(=O)NCc2cnc3c(C)cccn23)c(=O)n1. The van der Waals surface area contributed by atoms with Crippen LogP contribution in [-0.4, -0.2) is 24.8 Å². The maximum atomic E-state index is 12.1. The molecule has 3 heterocycles. The number of hydrogen-bond donors (Lipinski definition) is 1. The summed E-state index contributed by atoms with van der Waals surface area (Å²) in [6, 6.07) is 5.79. The van der Waals surface area contributed by atoms with E-state index in [0.29, 0.717) is 18.8 Å². The minimum atomic E-state index is -0.317. The normalized spacial score (nSPS) is 11.0. The predicted octanol–water partition coefficient (Wildman–Crippen LogP) is 1.52. The van der Waals surface area contributed by atoms with E-state index in [9.17, 15) is 9.59 Å². The van der Waals surface area contributed by atoms with Gasteiger partial charge in [0.1, 0.15) is 5.65 Å². The lowest BCUT2D eigenvalue weighted by molar-refractivity contribution is -0.121. The van der Waals surface area contributed by atoms with E-state index >= 15 is 0 Å². The molecule has 3 aromatic heterocycles. The van der Waals surface area contributed by atoms with Crippen LogP contribution in [-0.2, 0) is 17.9 Å². The summed E-state index contributed by atoms with van der Waals surface area (Å²) in [5.41, 5.74) is 4.06. The van der Waals surface area contributed by atoms with Gasteiger partial charge in [0.05, 0.1) is 18.4 Å². The molecule has 1 amide bonds. The van der Waals surface area contributed by atoms with Crippen molar-refractivity contribution in [2.45, 2.75) is 40.3 Å². The molecule has 0 fully saturated rings. The molecule has 0 aliphatic rings. The summed E-state index contributed by atoms with van der Waals surface area (Å²) in [5, 5.41) is 2.88. The smallest absolute Gasteiger partial charge is 0.347 e. The number of carbonyl (C=O) groups excluding carboxylic acids is 1. The second-order valence-corrected chi connectivity index (χ2v) is 6.13. The molecule has 0 atom stereocenters. The van der Waals surface area contributed by atoms with E-state index in [2.05, 4.69) is 15.3 Å². The van der Waals surface area contributed by atoms with Gasteiger partial charge < -0.3 is 9.72 Å². The van der Waals surface area contributed by atoms with Gasteiger partial charge in [-0.1, -0.05) is 6.07 Å². The van der Waals surface area contributed by atoms with Gasteiger partial charge in [0, 0.05) is 30.6 Å². The number of pyridine rings is 1. The van der Waals surface area contributed by atoms with Gasteiger partial charge in [0.15, 0.2) is 0 Å². The molecular weight excluding hydrogens is 318 g/mol. The third kappa shape index (κ3) is 3.60. The van der Waals surface area contributed by atoms with E-state index in [1.54, 1.807) is 13.1 Å². The molecule has 0 aliphatic carbocycles. The molecule has 130 valence electrons. The van der Waals surface area contributed by atoms with Crippen LogP contribution in [0.4, 0.5) is 0 Å². The summed E-state index contributed by atoms with van der Waals surface area (Å²) in [7, 11) is 0. The Hall–Kier alpha value is -2.96. The Morgan fingerprint density at radius 1 is 1.28 bits per heavy atom. The van der Waals surface area contributed by atoms with Crippen LogP contribution in [0.15, 0.2) is 35.4 Å². The molecule has 0 aliphatic heterocycles. The Morgan fingerprint density at radius 2 is 2.08 bits per heavy atom. The number of carbonyl (C=O) groups is 1. The number of aryl methyl sites for hydroxylation is 3. The first kappa shape index (κ1) is 16.9. The van der Waals surface area contributed by atoms with Crippen molar-refractivity contribution >= 4 is 11.6 Å². The van der Waals surface area contributed by atoms with Crippen LogP contribution in [0.5, 0.6) is 0 Å². The summed E-state index contributed by atoms with van der Waals surface area (Å²) in [6.45, 7) is 6.33. The highest BCUT2D eigenvalue weighted by atomic mass is 16.2. The number of aromatic nitrogens is 4. The topological polar surface area (TPSA) is 81.3 Å². The van der Waals surface area contributed by atoms with Crippen molar-refractivity contribution in [1.82, 2.24) is 24.3 Å². The number of fused-ring (bicyclic) bond motifs is 1. The van der Waals surface area contributed by atoms with E-state index < -0.39 is 0 Å². The van der Waals surface area contributed by atoms with Crippen LogP contribution in [0.2, 0.25) is 0 Å². The Balaban J connectivity index is 1.62. The van der Waals surface area contributed by atoms with E-state index in [1.807, 2.05) is 42.6 Å². The molecular formula is C18H21N5O2.